The molecule has 0 N–H and O–H groups in total. The molecule has 0 aliphatic rings. The lowest BCUT2D eigenvalue weighted by Crippen LogP contribution is -2.11. The SMILES string of the molecule is CC(C)(C)c1cn2nc(Br)sc2n1. The Bertz CT molecular complexity index is 406. The van der Waals surface area contributed by atoms with Gasteiger partial charge in [-0.1, -0.05) is 32.1 Å². The van der Waals surface area contributed by atoms with Crippen molar-refractivity contribution in [3.05, 3.63) is 15.8 Å². The fourth-order valence-corrected chi connectivity index (χ4v) is 2.25. The van der Waals surface area contributed by atoms with E-state index < -0.39 is 0 Å². The monoisotopic (exact) mass is 259 g/mol. The Kier molecular flexibility index (Phi) is 1.96. The molecule has 0 spiro atoms. The highest BCUT2D eigenvalue weighted by atomic mass is 79.9. The maximum absolute atomic E-state index is 4.49. The van der Waals surface area contributed by atoms with Crippen LogP contribution in [0.1, 0.15) is 26.5 Å². The normalized spacial score (nSPS) is 12.6. The number of aromatic nitrogens is 3. The first-order valence-corrected chi connectivity index (χ1v) is 5.60. The van der Waals surface area contributed by atoms with Gasteiger partial charge in [0.15, 0.2) is 3.92 Å². The van der Waals surface area contributed by atoms with Gasteiger partial charge in [-0.3, -0.25) is 0 Å². The molecule has 0 amide bonds. The third kappa shape index (κ3) is 1.62. The molecule has 0 unspecified atom stereocenters. The molecule has 0 bridgehead atoms. The number of rotatable bonds is 0. The Balaban J connectivity index is 2.57. The molecule has 0 aliphatic heterocycles. The van der Waals surface area contributed by atoms with Gasteiger partial charge in [0.05, 0.1) is 11.9 Å². The summed E-state index contributed by atoms with van der Waals surface area (Å²) in [5, 5.41) is 4.24. The highest BCUT2D eigenvalue weighted by Crippen LogP contribution is 2.25. The van der Waals surface area contributed by atoms with E-state index in [1.807, 2.05) is 10.7 Å². The van der Waals surface area contributed by atoms with Gasteiger partial charge in [-0.15, -0.1) is 5.10 Å². The summed E-state index contributed by atoms with van der Waals surface area (Å²) in [6.45, 7) is 6.44. The van der Waals surface area contributed by atoms with Crippen LogP contribution in [0.3, 0.4) is 0 Å². The van der Waals surface area contributed by atoms with Crippen LogP contribution in [-0.2, 0) is 5.41 Å². The molecule has 0 saturated carbocycles. The summed E-state index contributed by atoms with van der Waals surface area (Å²) in [5.41, 5.74) is 1.18. The predicted molar refractivity (Wildman–Crippen MR) is 57.3 cm³/mol. The van der Waals surface area contributed by atoms with E-state index in [-0.39, 0.29) is 5.41 Å². The van der Waals surface area contributed by atoms with Crippen LogP contribution >= 0.6 is 27.3 Å². The summed E-state index contributed by atoms with van der Waals surface area (Å²) >= 11 is 4.87. The van der Waals surface area contributed by atoms with Crippen molar-refractivity contribution in [2.24, 2.45) is 0 Å². The Morgan fingerprint density at radius 1 is 1.46 bits per heavy atom. The Hall–Kier alpha value is -0.420. The highest BCUT2D eigenvalue weighted by molar-refractivity contribution is 9.11. The molecule has 5 heteroatoms. The summed E-state index contributed by atoms with van der Waals surface area (Å²) in [4.78, 5) is 5.44. The van der Waals surface area contributed by atoms with Gasteiger partial charge in [0.25, 0.3) is 0 Å². The maximum atomic E-state index is 4.49. The molecule has 13 heavy (non-hydrogen) atoms. The summed E-state index contributed by atoms with van der Waals surface area (Å²) in [6, 6.07) is 0. The predicted octanol–water partition coefficient (Wildman–Crippen LogP) is 2.85. The van der Waals surface area contributed by atoms with Crippen molar-refractivity contribution in [3.63, 3.8) is 0 Å². The third-order valence-electron chi connectivity index (χ3n) is 1.79. The molecule has 0 aliphatic carbocycles. The number of hydrogen-bond acceptors (Lipinski definition) is 3. The Morgan fingerprint density at radius 3 is 2.69 bits per heavy atom. The van der Waals surface area contributed by atoms with E-state index in [0.29, 0.717) is 0 Å². The second-order valence-corrected chi connectivity index (χ2v) is 6.19. The minimum atomic E-state index is 0.0971. The lowest BCUT2D eigenvalue weighted by Gasteiger charge is -2.13. The zero-order chi connectivity index (χ0) is 9.64. The summed E-state index contributed by atoms with van der Waals surface area (Å²) < 4.78 is 2.69. The van der Waals surface area contributed by atoms with Gasteiger partial charge in [0.1, 0.15) is 0 Å². The quantitative estimate of drug-likeness (QED) is 0.729. The van der Waals surface area contributed by atoms with Crippen molar-refractivity contribution < 1.29 is 0 Å². The van der Waals surface area contributed by atoms with E-state index in [1.54, 1.807) is 11.3 Å². The minimum Gasteiger partial charge on any atom is -0.222 e. The molecule has 0 fully saturated rings. The molecule has 0 radical (unpaired) electrons. The fourth-order valence-electron chi connectivity index (χ4n) is 1.04. The Labute approximate surface area is 88.9 Å². The van der Waals surface area contributed by atoms with Crippen LogP contribution in [0.25, 0.3) is 4.96 Å². The van der Waals surface area contributed by atoms with E-state index in [9.17, 15) is 0 Å². The molecule has 0 aromatic carbocycles. The van der Waals surface area contributed by atoms with Crippen LogP contribution in [0.5, 0.6) is 0 Å². The largest absolute Gasteiger partial charge is 0.222 e. The first kappa shape index (κ1) is 9.15. The summed E-state index contributed by atoms with van der Waals surface area (Å²) in [6.07, 6.45) is 1.98. The smallest absolute Gasteiger partial charge is 0.213 e. The number of nitrogens with zero attached hydrogens (tertiary/aromatic N) is 3. The minimum absolute atomic E-state index is 0.0971. The topological polar surface area (TPSA) is 30.2 Å². The van der Waals surface area contributed by atoms with Crippen LogP contribution < -0.4 is 0 Å². The first-order valence-electron chi connectivity index (χ1n) is 3.99. The van der Waals surface area contributed by atoms with Crippen molar-refractivity contribution in [2.75, 3.05) is 0 Å². The lowest BCUT2D eigenvalue weighted by atomic mass is 9.93. The summed E-state index contributed by atoms with van der Waals surface area (Å²) in [5.74, 6) is 0. The van der Waals surface area contributed by atoms with E-state index in [1.165, 1.54) is 0 Å². The van der Waals surface area contributed by atoms with Gasteiger partial charge in [-0.05, 0) is 15.9 Å². The fraction of sp³-hybridized carbons (Fsp3) is 0.500. The number of halogens is 1. The van der Waals surface area contributed by atoms with Crippen molar-refractivity contribution in [1.29, 1.82) is 0 Å². The second-order valence-electron chi connectivity index (χ2n) is 3.96. The molecular weight excluding hydrogens is 250 g/mol. The maximum Gasteiger partial charge on any atom is 0.213 e. The van der Waals surface area contributed by atoms with Crippen LogP contribution in [0.2, 0.25) is 0 Å². The average Bonchev–Trinajstić information content (AvgIpc) is 2.40. The van der Waals surface area contributed by atoms with Crippen molar-refractivity contribution >= 4 is 32.2 Å². The standard InChI is InChI=1S/C8H10BrN3S/c1-8(2,3)5-4-12-7(10-5)13-6(9)11-12/h4H,1-3H3. The number of hydrogen-bond donors (Lipinski definition) is 0. The molecule has 2 rings (SSSR count). The van der Waals surface area contributed by atoms with Crippen molar-refractivity contribution in [1.82, 2.24) is 14.6 Å². The molecule has 3 nitrogen and oxygen atoms in total. The van der Waals surface area contributed by atoms with Gasteiger partial charge in [-0.25, -0.2) is 9.50 Å². The number of fused-ring (bicyclic) bond motifs is 1. The van der Waals surface area contributed by atoms with Gasteiger partial charge in [0, 0.05) is 5.41 Å². The molecule has 2 heterocycles. The van der Waals surface area contributed by atoms with Crippen LogP contribution in [-0.4, -0.2) is 14.6 Å². The van der Waals surface area contributed by atoms with Gasteiger partial charge < -0.3 is 0 Å². The molecule has 2 aromatic heterocycles. The van der Waals surface area contributed by atoms with E-state index >= 15 is 0 Å². The summed E-state index contributed by atoms with van der Waals surface area (Å²) in [7, 11) is 0. The molecule has 2 aromatic rings. The van der Waals surface area contributed by atoms with Crippen molar-refractivity contribution in [3.8, 4) is 0 Å². The van der Waals surface area contributed by atoms with Crippen LogP contribution in [0, 0.1) is 0 Å². The van der Waals surface area contributed by atoms with Crippen molar-refractivity contribution in [2.45, 2.75) is 26.2 Å². The number of imidazole rings is 1. The zero-order valence-corrected chi connectivity index (χ0v) is 10.1. The highest BCUT2D eigenvalue weighted by Gasteiger charge is 2.18. The molecule has 0 atom stereocenters. The Morgan fingerprint density at radius 2 is 2.15 bits per heavy atom. The van der Waals surface area contributed by atoms with E-state index in [0.717, 1.165) is 14.6 Å². The van der Waals surface area contributed by atoms with Gasteiger partial charge in [-0.2, -0.15) is 0 Å². The van der Waals surface area contributed by atoms with Gasteiger partial charge >= 0.3 is 0 Å². The third-order valence-corrected chi connectivity index (χ3v) is 3.14. The van der Waals surface area contributed by atoms with Gasteiger partial charge in [0.2, 0.25) is 4.96 Å². The van der Waals surface area contributed by atoms with E-state index in [4.69, 9.17) is 0 Å². The van der Waals surface area contributed by atoms with E-state index in [2.05, 4.69) is 46.8 Å². The first-order chi connectivity index (χ1) is 5.97. The second kappa shape index (κ2) is 2.78. The van der Waals surface area contributed by atoms with Crippen LogP contribution in [0.4, 0.5) is 0 Å². The average molecular weight is 260 g/mol. The molecule has 0 saturated heterocycles. The molecule has 70 valence electrons. The van der Waals surface area contributed by atoms with Crippen LogP contribution in [0.15, 0.2) is 10.1 Å². The lowest BCUT2D eigenvalue weighted by molar-refractivity contribution is 0.572. The molecular formula is C8H10BrN3S. The zero-order valence-electron chi connectivity index (χ0n) is 7.71.